The molecular formula is C27H40O5. The molecule has 5 nitrogen and oxygen atoms in total. The number of rotatable bonds is 2. The Morgan fingerprint density at radius 1 is 0.969 bits per heavy atom. The van der Waals surface area contributed by atoms with E-state index in [2.05, 4.69) is 40.7 Å². The van der Waals surface area contributed by atoms with Crippen LogP contribution in [0.25, 0.3) is 0 Å². The van der Waals surface area contributed by atoms with Gasteiger partial charge in [0.05, 0.1) is 25.4 Å². The van der Waals surface area contributed by atoms with Crippen molar-refractivity contribution in [2.45, 2.75) is 97.1 Å². The molecule has 3 aliphatic heterocycles. The van der Waals surface area contributed by atoms with Crippen LogP contribution in [0.1, 0.15) is 60.3 Å². The first kappa shape index (κ1) is 20.9. The lowest BCUT2D eigenvalue weighted by Crippen LogP contribution is -2.56. The number of aliphatic hydroxyl groups excluding tert-OH is 1. The van der Waals surface area contributed by atoms with Crippen molar-refractivity contribution < 1.29 is 24.1 Å². The molecule has 0 aromatic carbocycles. The Morgan fingerprint density at radius 2 is 1.72 bits per heavy atom. The summed E-state index contributed by atoms with van der Waals surface area (Å²) in [7, 11) is 0. The van der Waals surface area contributed by atoms with Gasteiger partial charge in [-0.25, -0.2) is 0 Å². The van der Waals surface area contributed by atoms with Gasteiger partial charge < -0.3 is 24.1 Å². The van der Waals surface area contributed by atoms with Crippen LogP contribution in [0.4, 0.5) is 0 Å². The van der Waals surface area contributed by atoms with Gasteiger partial charge in [0.15, 0.2) is 6.29 Å². The average molecular weight is 445 g/mol. The second-order valence-electron chi connectivity index (χ2n) is 13.5. The maximum atomic E-state index is 10.5. The first-order valence-electron chi connectivity index (χ1n) is 13.1. The summed E-state index contributed by atoms with van der Waals surface area (Å²) in [6.45, 7) is 13.4. The molecule has 6 fully saturated rings. The normalized spacial score (nSPS) is 58.4. The largest absolute Gasteiger partial charge is 0.386 e. The Bertz CT molecular complexity index is 843. The molecule has 32 heavy (non-hydrogen) atoms. The molecule has 0 aromatic rings. The van der Waals surface area contributed by atoms with Crippen molar-refractivity contribution in [1.82, 2.24) is 0 Å². The lowest BCUT2D eigenvalue weighted by Gasteiger charge is -2.57. The van der Waals surface area contributed by atoms with E-state index in [4.69, 9.17) is 18.9 Å². The maximum Gasteiger partial charge on any atom is 0.160 e. The quantitative estimate of drug-likeness (QED) is 0.516. The second-order valence-corrected chi connectivity index (χ2v) is 13.5. The predicted molar refractivity (Wildman–Crippen MR) is 119 cm³/mol. The Labute approximate surface area is 192 Å². The standard InChI is InChI=1S/C27H40O5/c1-13(24-29-11-25(2,3)12-30-24)14-6-7-15-19-16(8-9-26(14,15)4)27(5)17(20-22(19)31-20)10-18(28)21-23(27)32-21/h10,13-16,18-24,28H,6-9,11-12H2,1-5H3/t13?,14-,15+,16+,18-,19+,20-,21+,22+,23+,26-,27-/m1/s1. The van der Waals surface area contributed by atoms with Crippen LogP contribution in [0, 0.1) is 45.8 Å². The molecule has 3 saturated carbocycles. The van der Waals surface area contributed by atoms with Crippen molar-refractivity contribution in [3.05, 3.63) is 11.6 Å². The smallest absolute Gasteiger partial charge is 0.160 e. The van der Waals surface area contributed by atoms with E-state index < -0.39 is 6.10 Å². The number of epoxide rings is 2. The molecule has 3 saturated heterocycles. The van der Waals surface area contributed by atoms with Gasteiger partial charge in [-0.1, -0.05) is 40.7 Å². The number of hydrogen-bond donors (Lipinski definition) is 1. The highest BCUT2D eigenvalue weighted by atomic mass is 16.7. The molecule has 7 rings (SSSR count). The molecule has 3 heterocycles. The van der Waals surface area contributed by atoms with Gasteiger partial charge in [0, 0.05) is 16.7 Å². The van der Waals surface area contributed by atoms with E-state index in [0.29, 0.717) is 41.1 Å². The molecule has 1 unspecified atom stereocenters. The molecular weight excluding hydrogens is 404 g/mol. The molecule has 4 aliphatic carbocycles. The molecule has 12 atom stereocenters. The summed E-state index contributed by atoms with van der Waals surface area (Å²) in [5.74, 6) is 2.98. The molecule has 0 aromatic heterocycles. The third-order valence-electron chi connectivity index (χ3n) is 11.2. The molecule has 0 spiro atoms. The Hall–Kier alpha value is -0.460. The van der Waals surface area contributed by atoms with E-state index in [-0.39, 0.29) is 35.4 Å². The number of aliphatic hydroxyl groups is 1. The summed E-state index contributed by atoms with van der Waals surface area (Å²) in [4.78, 5) is 0. The molecule has 7 aliphatic rings. The fourth-order valence-electron chi connectivity index (χ4n) is 9.44. The summed E-state index contributed by atoms with van der Waals surface area (Å²) in [5.41, 5.74) is 1.84. The van der Waals surface area contributed by atoms with Crippen LogP contribution in [0.3, 0.4) is 0 Å². The van der Waals surface area contributed by atoms with Gasteiger partial charge in [-0.2, -0.15) is 0 Å². The van der Waals surface area contributed by atoms with Crippen molar-refractivity contribution in [2.24, 2.45) is 45.8 Å². The van der Waals surface area contributed by atoms with Crippen LogP contribution in [0.5, 0.6) is 0 Å². The van der Waals surface area contributed by atoms with E-state index in [1.54, 1.807) is 0 Å². The third-order valence-corrected chi connectivity index (χ3v) is 11.2. The summed E-state index contributed by atoms with van der Waals surface area (Å²) in [6, 6.07) is 0. The molecule has 178 valence electrons. The number of fused-ring (bicyclic) bond motifs is 10. The average Bonchev–Trinajstić information content (AvgIpc) is 3.64. The summed E-state index contributed by atoms with van der Waals surface area (Å²) in [6.07, 6.45) is 7.42. The zero-order chi connectivity index (χ0) is 22.2. The minimum atomic E-state index is -0.449. The van der Waals surface area contributed by atoms with Gasteiger partial charge >= 0.3 is 0 Å². The molecule has 0 amide bonds. The lowest BCUT2D eigenvalue weighted by atomic mass is 9.46. The van der Waals surface area contributed by atoms with Crippen molar-refractivity contribution >= 4 is 0 Å². The fourth-order valence-corrected chi connectivity index (χ4v) is 9.44. The van der Waals surface area contributed by atoms with Crippen LogP contribution >= 0.6 is 0 Å². The fraction of sp³-hybridized carbons (Fsp3) is 0.926. The lowest BCUT2D eigenvalue weighted by molar-refractivity contribution is -0.253. The first-order valence-corrected chi connectivity index (χ1v) is 13.1. The van der Waals surface area contributed by atoms with Crippen LogP contribution < -0.4 is 0 Å². The van der Waals surface area contributed by atoms with Gasteiger partial charge in [-0.05, 0) is 60.3 Å². The third kappa shape index (κ3) is 2.58. The van der Waals surface area contributed by atoms with Gasteiger partial charge in [-0.3, -0.25) is 0 Å². The summed E-state index contributed by atoms with van der Waals surface area (Å²) < 4.78 is 25.0. The zero-order valence-electron chi connectivity index (χ0n) is 20.3. The van der Waals surface area contributed by atoms with Gasteiger partial charge in [0.25, 0.3) is 0 Å². The summed E-state index contributed by atoms with van der Waals surface area (Å²) >= 11 is 0. The van der Waals surface area contributed by atoms with Crippen molar-refractivity contribution in [2.75, 3.05) is 13.2 Å². The van der Waals surface area contributed by atoms with E-state index in [1.165, 1.54) is 31.3 Å². The Balaban J connectivity index is 1.16. The van der Waals surface area contributed by atoms with E-state index >= 15 is 0 Å². The minimum Gasteiger partial charge on any atom is -0.386 e. The highest BCUT2D eigenvalue weighted by Crippen LogP contribution is 2.72. The topological polar surface area (TPSA) is 63.8 Å². The highest BCUT2D eigenvalue weighted by molar-refractivity contribution is 5.40. The van der Waals surface area contributed by atoms with Crippen LogP contribution in [0.15, 0.2) is 11.6 Å². The summed E-state index contributed by atoms with van der Waals surface area (Å²) in [5, 5.41) is 10.5. The van der Waals surface area contributed by atoms with Gasteiger partial charge in [0.1, 0.15) is 18.3 Å². The number of ether oxygens (including phenoxy) is 4. The van der Waals surface area contributed by atoms with Crippen molar-refractivity contribution in [3.8, 4) is 0 Å². The highest BCUT2D eigenvalue weighted by Gasteiger charge is 2.74. The molecule has 0 bridgehead atoms. The maximum absolute atomic E-state index is 10.5. The predicted octanol–water partition coefficient (Wildman–Crippen LogP) is 3.94. The monoisotopic (exact) mass is 444 g/mol. The Morgan fingerprint density at radius 3 is 2.47 bits per heavy atom. The van der Waals surface area contributed by atoms with E-state index in [0.717, 1.165) is 13.2 Å². The van der Waals surface area contributed by atoms with Crippen molar-refractivity contribution in [3.63, 3.8) is 0 Å². The van der Waals surface area contributed by atoms with E-state index in [1.807, 2.05) is 0 Å². The molecule has 0 radical (unpaired) electrons. The van der Waals surface area contributed by atoms with Gasteiger partial charge in [-0.15, -0.1) is 0 Å². The second kappa shape index (κ2) is 6.40. The first-order chi connectivity index (χ1) is 15.1. The molecule has 1 N–H and O–H groups in total. The minimum absolute atomic E-state index is 0.00853. The van der Waals surface area contributed by atoms with Gasteiger partial charge in [0.2, 0.25) is 0 Å². The SMILES string of the molecule is CC(C1OCC(C)(C)CO1)[C@H]1CC[C@H]2[C@@H]3[C@@H]4O[C@@H]4C4=C[C@@H](O)[C@@H]5O[C@@H]5[C@]4(C)[C@H]3CC[C@]12C. The van der Waals surface area contributed by atoms with Crippen molar-refractivity contribution in [1.29, 1.82) is 0 Å². The molecule has 5 heteroatoms. The van der Waals surface area contributed by atoms with Crippen LogP contribution in [-0.2, 0) is 18.9 Å². The zero-order valence-corrected chi connectivity index (χ0v) is 20.3. The Kier molecular flexibility index (Phi) is 4.17. The van der Waals surface area contributed by atoms with Crippen LogP contribution in [0.2, 0.25) is 0 Å². The van der Waals surface area contributed by atoms with Crippen LogP contribution in [-0.4, -0.2) is 55.1 Å². The number of hydrogen-bond acceptors (Lipinski definition) is 5. The van der Waals surface area contributed by atoms with E-state index in [9.17, 15) is 5.11 Å².